The largest absolute Gasteiger partial charge is 0.481 e. The van der Waals surface area contributed by atoms with Crippen LogP contribution in [0.25, 0.3) is 6.08 Å². The van der Waals surface area contributed by atoms with Crippen molar-refractivity contribution in [2.24, 2.45) is 11.1 Å². The fourth-order valence-corrected chi connectivity index (χ4v) is 2.23. The van der Waals surface area contributed by atoms with Crippen molar-refractivity contribution in [2.75, 3.05) is 0 Å². The molecule has 1 saturated carbocycles. The first-order valence-corrected chi connectivity index (χ1v) is 5.26. The minimum Gasteiger partial charge on any atom is -0.481 e. The van der Waals surface area contributed by atoms with Gasteiger partial charge in [-0.25, -0.2) is 0 Å². The molecule has 86 valence electrons. The number of furan rings is 1. The Labute approximate surface area is 93.7 Å². The van der Waals surface area contributed by atoms with Crippen LogP contribution in [-0.4, -0.2) is 17.1 Å². The van der Waals surface area contributed by atoms with Crippen LogP contribution >= 0.6 is 0 Å². The van der Waals surface area contributed by atoms with Crippen molar-refractivity contribution >= 4 is 12.0 Å². The van der Waals surface area contributed by atoms with E-state index in [-0.39, 0.29) is 6.04 Å². The number of aliphatic carboxylic acids is 1. The van der Waals surface area contributed by atoms with E-state index in [1.807, 2.05) is 6.92 Å². The molecule has 0 bridgehead atoms. The molecule has 0 radical (unpaired) electrons. The highest BCUT2D eigenvalue weighted by Gasteiger charge is 2.50. The Morgan fingerprint density at radius 1 is 1.69 bits per heavy atom. The molecule has 0 aliphatic heterocycles. The highest BCUT2D eigenvalue weighted by molar-refractivity contribution is 5.82. The summed E-state index contributed by atoms with van der Waals surface area (Å²) in [6.45, 7) is 1.82. The van der Waals surface area contributed by atoms with E-state index in [0.717, 1.165) is 5.57 Å². The molecule has 0 amide bonds. The second-order valence-corrected chi connectivity index (χ2v) is 4.40. The molecule has 4 heteroatoms. The highest BCUT2D eigenvalue weighted by atomic mass is 16.4. The molecule has 1 heterocycles. The van der Waals surface area contributed by atoms with Gasteiger partial charge >= 0.3 is 5.97 Å². The molecule has 1 aliphatic carbocycles. The van der Waals surface area contributed by atoms with E-state index in [1.165, 1.54) is 0 Å². The fourth-order valence-electron chi connectivity index (χ4n) is 2.23. The number of carboxylic acid groups (broad SMARTS) is 1. The molecule has 0 aromatic carbocycles. The maximum Gasteiger partial charge on any atom is 0.313 e. The Bertz CT molecular complexity index is 413. The summed E-state index contributed by atoms with van der Waals surface area (Å²) in [5.74, 6) is -0.117. The zero-order valence-electron chi connectivity index (χ0n) is 9.14. The first-order valence-electron chi connectivity index (χ1n) is 5.26. The Kier molecular flexibility index (Phi) is 2.59. The summed E-state index contributed by atoms with van der Waals surface area (Å²) in [7, 11) is 0. The van der Waals surface area contributed by atoms with Crippen molar-refractivity contribution in [1.29, 1.82) is 0 Å². The maximum absolute atomic E-state index is 11.3. The van der Waals surface area contributed by atoms with Crippen molar-refractivity contribution in [3.63, 3.8) is 0 Å². The summed E-state index contributed by atoms with van der Waals surface area (Å²) in [6.07, 6.45) is 4.36. The molecule has 1 fully saturated rings. The lowest BCUT2D eigenvalue weighted by atomic mass is 9.61. The lowest BCUT2D eigenvalue weighted by Gasteiger charge is -2.43. The zero-order valence-corrected chi connectivity index (χ0v) is 9.14. The van der Waals surface area contributed by atoms with Crippen LogP contribution in [0.15, 0.2) is 28.4 Å². The molecule has 2 rings (SSSR count). The second kappa shape index (κ2) is 3.79. The van der Waals surface area contributed by atoms with E-state index in [4.69, 9.17) is 10.2 Å². The van der Waals surface area contributed by atoms with Gasteiger partial charge in [0.05, 0.1) is 11.7 Å². The van der Waals surface area contributed by atoms with E-state index in [1.54, 1.807) is 24.5 Å². The average Bonchev–Trinajstić information content (AvgIpc) is 2.64. The lowest BCUT2D eigenvalue weighted by Crippen LogP contribution is -2.51. The van der Waals surface area contributed by atoms with Gasteiger partial charge in [-0.15, -0.1) is 0 Å². The normalized spacial score (nSPS) is 29.9. The number of nitrogens with two attached hydrogens (primary N) is 1. The van der Waals surface area contributed by atoms with E-state index in [2.05, 4.69) is 0 Å². The fraction of sp³-hybridized carbons (Fsp3) is 0.417. The number of hydrogen-bond acceptors (Lipinski definition) is 3. The summed E-state index contributed by atoms with van der Waals surface area (Å²) in [4.78, 5) is 11.3. The van der Waals surface area contributed by atoms with Gasteiger partial charge < -0.3 is 15.3 Å². The van der Waals surface area contributed by atoms with Crippen molar-refractivity contribution in [2.45, 2.75) is 25.8 Å². The summed E-state index contributed by atoms with van der Waals surface area (Å²) in [5.41, 5.74) is 5.71. The minimum atomic E-state index is -0.797. The topological polar surface area (TPSA) is 76.5 Å². The summed E-state index contributed by atoms with van der Waals surface area (Å²) in [5, 5.41) is 9.27. The van der Waals surface area contributed by atoms with Crippen molar-refractivity contribution in [1.82, 2.24) is 0 Å². The molecule has 0 spiro atoms. The van der Waals surface area contributed by atoms with Gasteiger partial charge in [0.25, 0.3) is 0 Å². The number of carbonyl (C=O) groups is 1. The van der Waals surface area contributed by atoms with Crippen LogP contribution in [-0.2, 0) is 4.79 Å². The summed E-state index contributed by atoms with van der Waals surface area (Å²) in [6, 6.07) is 3.58. The molecule has 4 nitrogen and oxygen atoms in total. The molecule has 1 aliphatic rings. The van der Waals surface area contributed by atoms with Crippen molar-refractivity contribution in [3.05, 3.63) is 29.7 Å². The maximum atomic E-state index is 11.3. The molecular weight excluding hydrogens is 206 g/mol. The Morgan fingerprint density at radius 3 is 2.81 bits per heavy atom. The van der Waals surface area contributed by atoms with Gasteiger partial charge in [-0.1, -0.05) is 5.57 Å². The standard InChI is InChI=1S/C12H15NO3/c1-8(5-10-3-2-4-16-10)12(11(14)15)6-9(13)7-12/h2-5,9H,6-7,13H2,1H3,(H,14,15)/b8-5-. The summed E-state index contributed by atoms with van der Waals surface area (Å²) >= 11 is 0. The molecular formula is C12H15NO3. The molecule has 3 N–H and O–H groups in total. The van der Waals surface area contributed by atoms with Crippen molar-refractivity contribution in [3.8, 4) is 0 Å². The Hall–Kier alpha value is -1.55. The number of hydrogen-bond donors (Lipinski definition) is 2. The first kappa shape index (κ1) is 11.0. The van der Waals surface area contributed by atoms with Crippen LogP contribution in [0, 0.1) is 5.41 Å². The lowest BCUT2D eigenvalue weighted by molar-refractivity contribution is -0.151. The number of carboxylic acids is 1. The molecule has 1 aromatic heterocycles. The quantitative estimate of drug-likeness (QED) is 0.817. The third-order valence-electron chi connectivity index (χ3n) is 3.29. The predicted molar refractivity (Wildman–Crippen MR) is 59.6 cm³/mol. The SMILES string of the molecule is C/C(=C/c1ccco1)C1(C(=O)O)CC(N)C1. The third kappa shape index (κ3) is 1.65. The smallest absolute Gasteiger partial charge is 0.313 e. The molecule has 0 unspecified atom stereocenters. The highest BCUT2D eigenvalue weighted by Crippen LogP contribution is 2.47. The average molecular weight is 221 g/mol. The predicted octanol–water partition coefficient (Wildman–Crippen LogP) is 1.87. The van der Waals surface area contributed by atoms with E-state index in [9.17, 15) is 9.90 Å². The van der Waals surface area contributed by atoms with Gasteiger partial charge in [0.2, 0.25) is 0 Å². The molecule has 0 saturated heterocycles. The van der Waals surface area contributed by atoms with Gasteiger partial charge in [0.1, 0.15) is 5.76 Å². The van der Waals surface area contributed by atoms with E-state index in [0.29, 0.717) is 18.6 Å². The van der Waals surface area contributed by atoms with Gasteiger partial charge in [-0.3, -0.25) is 4.79 Å². The van der Waals surface area contributed by atoms with Crippen LogP contribution in [0.2, 0.25) is 0 Å². The molecule has 0 atom stereocenters. The van der Waals surface area contributed by atoms with Gasteiger partial charge in [0, 0.05) is 6.04 Å². The number of rotatable bonds is 3. The van der Waals surface area contributed by atoms with Crippen LogP contribution in [0.4, 0.5) is 0 Å². The van der Waals surface area contributed by atoms with Crippen LogP contribution in [0.3, 0.4) is 0 Å². The zero-order chi connectivity index (χ0) is 11.8. The first-order chi connectivity index (χ1) is 7.54. The second-order valence-electron chi connectivity index (χ2n) is 4.40. The van der Waals surface area contributed by atoms with E-state index >= 15 is 0 Å². The van der Waals surface area contributed by atoms with Gasteiger partial charge in [-0.05, 0) is 38.0 Å². The monoisotopic (exact) mass is 221 g/mol. The van der Waals surface area contributed by atoms with Crippen LogP contribution in [0.1, 0.15) is 25.5 Å². The molecule has 1 aromatic rings. The van der Waals surface area contributed by atoms with Crippen LogP contribution < -0.4 is 5.73 Å². The van der Waals surface area contributed by atoms with Crippen LogP contribution in [0.5, 0.6) is 0 Å². The van der Waals surface area contributed by atoms with E-state index < -0.39 is 11.4 Å². The van der Waals surface area contributed by atoms with Gasteiger partial charge in [-0.2, -0.15) is 0 Å². The Morgan fingerprint density at radius 2 is 2.38 bits per heavy atom. The molecule has 16 heavy (non-hydrogen) atoms. The third-order valence-corrected chi connectivity index (χ3v) is 3.29. The summed E-state index contributed by atoms with van der Waals surface area (Å²) < 4.78 is 5.17. The van der Waals surface area contributed by atoms with Gasteiger partial charge in [0.15, 0.2) is 0 Å². The minimum absolute atomic E-state index is 0.00366. The van der Waals surface area contributed by atoms with Crippen molar-refractivity contribution < 1.29 is 14.3 Å². The Balaban J connectivity index is 2.25.